The molecule has 1 unspecified atom stereocenters. The number of rotatable bonds is 5. The summed E-state index contributed by atoms with van der Waals surface area (Å²) in [6.07, 6.45) is -0.302. The average molecular weight is 482 g/mol. The van der Waals surface area contributed by atoms with E-state index in [-0.39, 0.29) is 11.5 Å². The molecule has 1 aliphatic rings. The maximum Gasteiger partial charge on any atom is 0.269 e. The van der Waals surface area contributed by atoms with E-state index in [1.807, 2.05) is 0 Å². The van der Waals surface area contributed by atoms with Crippen LogP contribution in [0.2, 0.25) is 5.02 Å². The highest BCUT2D eigenvalue weighted by atomic mass is 79.9. The standard InChI is InChI=1S/C18H14BrClN4O3S/c19-11-3-1-10(2-4-11)16(26)22-24-14(9-15(21)25)17(27)23(18(24)28)13-7-5-12(20)6-8-13/h1-8,14H,9H2,(H2,21,25)(H,22,26). The molecular weight excluding hydrogens is 468 g/mol. The molecule has 0 spiro atoms. The Kier molecular flexibility index (Phi) is 5.97. The summed E-state index contributed by atoms with van der Waals surface area (Å²) in [5.74, 6) is -1.64. The number of hydrazine groups is 1. The molecule has 0 aromatic heterocycles. The first-order chi connectivity index (χ1) is 13.3. The molecule has 0 saturated carbocycles. The first-order valence-electron chi connectivity index (χ1n) is 8.05. The molecule has 1 heterocycles. The van der Waals surface area contributed by atoms with Gasteiger partial charge in [-0.3, -0.25) is 24.7 Å². The van der Waals surface area contributed by atoms with Crippen LogP contribution in [0.4, 0.5) is 5.69 Å². The van der Waals surface area contributed by atoms with Crippen LogP contribution >= 0.6 is 39.7 Å². The van der Waals surface area contributed by atoms with Crippen molar-refractivity contribution in [3.63, 3.8) is 0 Å². The zero-order valence-corrected chi connectivity index (χ0v) is 17.4. The van der Waals surface area contributed by atoms with Gasteiger partial charge in [-0.1, -0.05) is 27.5 Å². The van der Waals surface area contributed by atoms with Crippen molar-refractivity contribution in [2.24, 2.45) is 5.73 Å². The molecule has 1 aliphatic heterocycles. The topological polar surface area (TPSA) is 95.7 Å². The summed E-state index contributed by atoms with van der Waals surface area (Å²) in [6.45, 7) is 0. The Hall–Kier alpha value is -2.49. The number of carbonyl (C=O) groups is 3. The molecule has 28 heavy (non-hydrogen) atoms. The first-order valence-corrected chi connectivity index (χ1v) is 9.63. The van der Waals surface area contributed by atoms with Gasteiger partial charge in [0.2, 0.25) is 11.0 Å². The van der Waals surface area contributed by atoms with Crippen LogP contribution in [-0.4, -0.2) is 33.9 Å². The molecule has 2 aromatic rings. The van der Waals surface area contributed by atoms with E-state index in [1.165, 1.54) is 9.91 Å². The van der Waals surface area contributed by atoms with E-state index in [0.29, 0.717) is 16.3 Å². The second-order valence-electron chi connectivity index (χ2n) is 5.94. The van der Waals surface area contributed by atoms with Crippen molar-refractivity contribution in [3.8, 4) is 0 Å². The maximum absolute atomic E-state index is 12.9. The van der Waals surface area contributed by atoms with Crippen molar-refractivity contribution >= 4 is 68.3 Å². The van der Waals surface area contributed by atoms with Gasteiger partial charge in [0, 0.05) is 15.1 Å². The second kappa shape index (κ2) is 8.26. The number of amides is 3. The molecule has 0 radical (unpaired) electrons. The lowest BCUT2D eigenvalue weighted by Gasteiger charge is -2.24. The Morgan fingerprint density at radius 2 is 1.75 bits per heavy atom. The predicted molar refractivity (Wildman–Crippen MR) is 113 cm³/mol. The lowest BCUT2D eigenvalue weighted by Crippen LogP contribution is -2.49. The maximum atomic E-state index is 12.9. The highest BCUT2D eigenvalue weighted by Gasteiger charge is 2.45. The van der Waals surface area contributed by atoms with Crippen molar-refractivity contribution in [2.75, 3.05) is 4.90 Å². The zero-order chi connectivity index (χ0) is 20.4. The molecular formula is C18H14BrClN4O3S. The van der Waals surface area contributed by atoms with Gasteiger partial charge in [-0.15, -0.1) is 0 Å². The molecule has 1 atom stereocenters. The minimum Gasteiger partial charge on any atom is -0.370 e. The van der Waals surface area contributed by atoms with Crippen LogP contribution in [0, 0.1) is 0 Å². The number of hydrogen-bond donors (Lipinski definition) is 2. The van der Waals surface area contributed by atoms with Gasteiger partial charge in [0.1, 0.15) is 6.04 Å². The lowest BCUT2D eigenvalue weighted by atomic mass is 10.2. The Morgan fingerprint density at radius 1 is 1.14 bits per heavy atom. The SMILES string of the molecule is NC(=O)CC1C(=O)N(c2ccc(Cl)cc2)C(=S)N1NC(=O)c1ccc(Br)cc1. The number of halogens is 2. The number of nitrogens with zero attached hydrogens (tertiary/aromatic N) is 2. The molecule has 10 heteroatoms. The van der Waals surface area contributed by atoms with Gasteiger partial charge in [-0.2, -0.15) is 0 Å². The molecule has 2 aromatic carbocycles. The van der Waals surface area contributed by atoms with Crippen molar-refractivity contribution in [1.29, 1.82) is 0 Å². The summed E-state index contributed by atoms with van der Waals surface area (Å²) in [7, 11) is 0. The van der Waals surface area contributed by atoms with Crippen LogP contribution in [0.3, 0.4) is 0 Å². The van der Waals surface area contributed by atoms with Gasteiger partial charge in [0.05, 0.1) is 12.1 Å². The Labute approximate surface area is 179 Å². The van der Waals surface area contributed by atoms with Crippen molar-refractivity contribution in [1.82, 2.24) is 10.4 Å². The fraction of sp³-hybridized carbons (Fsp3) is 0.111. The van der Waals surface area contributed by atoms with E-state index < -0.39 is 23.8 Å². The van der Waals surface area contributed by atoms with E-state index in [9.17, 15) is 14.4 Å². The molecule has 7 nitrogen and oxygen atoms in total. The van der Waals surface area contributed by atoms with Gasteiger partial charge in [-0.25, -0.2) is 5.01 Å². The number of carbonyl (C=O) groups excluding carboxylic acids is 3. The molecule has 1 saturated heterocycles. The normalized spacial score (nSPS) is 16.4. The molecule has 3 N–H and O–H groups in total. The number of benzene rings is 2. The van der Waals surface area contributed by atoms with Crippen molar-refractivity contribution in [3.05, 3.63) is 63.6 Å². The largest absolute Gasteiger partial charge is 0.370 e. The Bertz CT molecular complexity index is 952. The third kappa shape index (κ3) is 4.16. The molecule has 3 rings (SSSR count). The predicted octanol–water partition coefficient (Wildman–Crippen LogP) is 2.63. The van der Waals surface area contributed by atoms with E-state index >= 15 is 0 Å². The Balaban J connectivity index is 1.90. The summed E-state index contributed by atoms with van der Waals surface area (Å²) in [5.41, 5.74) is 8.72. The van der Waals surface area contributed by atoms with Crippen LogP contribution < -0.4 is 16.1 Å². The molecule has 0 aliphatic carbocycles. The summed E-state index contributed by atoms with van der Waals surface area (Å²) in [5, 5.41) is 1.72. The summed E-state index contributed by atoms with van der Waals surface area (Å²) in [6, 6.07) is 12.1. The van der Waals surface area contributed by atoms with Gasteiger partial charge >= 0.3 is 0 Å². The fourth-order valence-corrected chi connectivity index (χ4v) is 3.45. The number of primary amides is 1. The zero-order valence-electron chi connectivity index (χ0n) is 14.3. The summed E-state index contributed by atoms with van der Waals surface area (Å²) < 4.78 is 0.816. The van der Waals surface area contributed by atoms with Crippen LogP contribution in [0.25, 0.3) is 0 Å². The van der Waals surface area contributed by atoms with E-state index in [1.54, 1.807) is 48.5 Å². The Morgan fingerprint density at radius 3 is 2.32 bits per heavy atom. The fourth-order valence-electron chi connectivity index (χ4n) is 2.69. The first kappa shape index (κ1) is 20.2. The van der Waals surface area contributed by atoms with Crippen molar-refractivity contribution < 1.29 is 14.4 Å². The highest BCUT2D eigenvalue weighted by Crippen LogP contribution is 2.27. The third-order valence-corrected chi connectivity index (χ3v) is 5.18. The highest BCUT2D eigenvalue weighted by molar-refractivity contribution is 9.10. The number of nitrogens with two attached hydrogens (primary N) is 1. The minimum atomic E-state index is -1.04. The minimum absolute atomic E-state index is 0.0315. The molecule has 0 bridgehead atoms. The average Bonchev–Trinajstić information content (AvgIpc) is 2.87. The number of nitrogens with one attached hydrogen (secondary N) is 1. The molecule has 144 valence electrons. The van der Waals surface area contributed by atoms with Gasteiger partial charge < -0.3 is 5.73 Å². The van der Waals surface area contributed by atoms with Crippen LogP contribution in [-0.2, 0) is 9.59 Å². The van der Waals surface area contributed by atoms with Crippen LogP contribution in [0.5, 0.6) is 0 Å². The smallest absolute Gasteiger partial charge is 0.269 e. The quantitative estimate of drug-likeness (QED) is 0.640. The summed E-state index contributed by atoms with van der Waals surface area (Å²) >= 11 is 14.6. The van der Waals surface area contributed by atoms with Gasteiger partial charge in [-0.05, 0) is 60.7 Å². The van der Waals surface area contributed by atoms with Gasteiger partial charge in [0.25, 0.3) is 11.8 Å². The lowest BCUT2D eigenvalue weighted by molar-refractivity contribution is -0.125. The number of anilines is 1. The van der Waals surface area contributed by atoms with Gasteiger partial charge in [0.15, 0.2) is 0 Å². The molecule has 3 amide bonds. The number of hydrogen-bond acceptors (Lipinski definition) is 4. The van der Waals surface area contributed by atoms with E-state index in [2.05, 4.69) is 21.4 Å². The molecule has 1 fully saturated rings. The van der Waals surface area contributed by atoms with E-state index in [4.69, 9.17) is 29.6 Å². The van der Waals surface area contributed by atoms with Crippen molar-refractivity contribution in [2.45, 2.75) is 12.5 Å². The van der Waals surface area contributed by atoms with E-state index in [0.717, 1.165) is 4.47 Å². The number of thiocarbonyl (C=S) groups is 1. The monoisotopic (exact) mass is 480 g/mol. The summed E-state index contributed by atoms with van der Waals surface area (Å²) in [4.78, 5) is 38.2. The van der Waals surface area contributed by atoms with Crippen LogP contribution in [0.15, 0.2) is 53.0 Å². The third-order valence-electron chi connectivity index (χ3n) is 4.02. The second-order valence-corrected chi connectivity index (χ2v) is 7.65. The van der Waals surface area contributed by atoms with Crippen LogP contribution in [0.1, 0.15) is 16.8 Å².